The Morgan fingerprint density at radius 3 is 2.42 bits per heavy atom. The minimum absolute atomic E-state index is 0.0213. The van der Waals surface area contributed by atoms with Crippen LogP contribution in [0.4, 0.5) is 4.79 Å². The van der Waals surface area contributed by atoms with E-state index in [-0.39, 0.29) is 21.5 Å². The van der Waals surface area contributed by atoms with Crippen molar-refractivity contribution in [1.82, 2.24) is 10.2 Å². The summed E-state index contributed by atoms with van der Waals surface area (Å²) >= 11 is 12.0. The SMILES string of the molecule is COC(=O)CN1C(=O)NC(=Cc2cc(Cl)c(OCC(=O)O)c(Cl)c2)C1=O. The summed E-state index contributed by atoms with van der Waals surface area (Å²) in [7, 11) is 1.13. The topological polar surface area (TPSA) is 122 Å². The molecule has 138 valence electrons. The van der Waals surface area contributed by atoms with E-state index in [1.165, 1.54) is 18.2 Å². The van der Waals surface area contributed by atoms with E-state index in [4.69, 9.17) is 33.0 Å². The molecule has 0 saturated carbocycles. The van der Waals surface area contributed by atoms with Crippen LogP contribution >= 0.6 is 23.2 Å². The molecule has 11 heteroatoms. The molecule has 0 spiro atoms. The van der Waals surface area contributed by atoms with Crippen LogP contribution in [0.1, 0.15) is 5.56 Å². The Morgan fingerprint density at radius 2 is 1.88 bits per heavy atom. The van der Waals surface area contributed by atoms with Gasteiger partial charge in [0.2, 0.25) is 0 Å². The second-order valence-corrected chi connectivity index (χ2v) is 5.77. The first-order valence-corrected chi connectivity index (χ1v) is 7.73. The Bertz CT molecular complexity index is 799. The zero-order chi connectivity index (χ0) is 19.4. The Kier molecular flexibility index (Phi) is 6.06. The number of carboxylic acid groups (broad SMARTS) is 1. The molecule has 1 aliphatic heterocycles. The molecule has 3 amide bonds. The maximum Gasteiger partial charge on any atom is 0.341 e. The van der Waals surface area contributed by atoms with Gasteiger partial charge >= 0.3 is 18.0 Å². The molecule has 0 radical (unpaired) electrons. The van der Waals surface area contributed by atoms with Gasteiger partial charge in [-0.3, -0.25) is 9.59 Å². The standard InChI is InChI=1S/C15H12Cl2N2O7/c1-25-12(22)5-19-14(23)10(18-15(19)24)4-7-2-8(16)13(9(17)3-7)26-6-11(20)21/h2-4H,5-6H2,1H3,(H,18,24)(H,20,21). The number of methoxy groups -OCH3 is 1. The second-order valence-electron chi connectivity index (χ2n) is 4.95. The van der Waals surface area contributed by atoms with Crippen molar-refractivity contribution >= 4 is 53.2 Å². The lowest BCUT2D eigenvalue weighted by atomic mass is 10.1. The van der Waals surface area contributed by atoms with E-state index in [9.17, 15) is 19.2 Å². The van der Waals surface area contributed by atoms with Crippen LogP contribution in [0.25, 0.3) is 6.08 Å². The van der Waals surface area contributed by atoms with Crippen molar-refractivity contribution in [3.05, 3.63) is 33.4 Å². The zero-order valence-electron chi connectivity index (χ0n) is 13.2. The normalized spacial score (nSPS) is 15.2. The molecule has 1 aromatic carbocycles. The summed E-state index contributed by atoms with van der Waals surface area (Å²) in [5, 5.41) is 11.0. The molecular weight excluding hydrogens is 391 g/mol. The van der Waals surface area contributed by atoms with E-state index >= 15 is 0 Å². The fourth-order valence-corrected chi connectivity index (χ4v) is 2.62. The number of carbonyl (C=O) groups is 4. The molecule has 2 rings (SSSR count). The summed E-state index contributed by atoms with van der Waals surface area (Å²) in [4.78, 5) is 46.5. The monoisotopic (exact) mass is 402 g/mol. The van der Waals surface area contributed by atoms with Gasteiger partial charge in [-0.1, -0.05) is 23.2 Å². The molecule has 0 atom stereocenters. The number of aliphatic carboxylic acids is 1. The van der Waals surface area contributed by atoms with Crippen LogP contribution in [0.3, 0.4) is 0 Å². The van der Waals surface area contributed by atoms with Crippen LogP contribution in [0, 0.1) is 0 Å². The van der Waals surface area contributed by atoms with Gasteiger partial charge in [0.05, 0.1) is 17.2 Å². The maximum absolute atomic E-state index is 12.2. The fraction of sp³-hybridized carbons (Fsp3) is 0.200. The molecular formula is C15H12Cl2N2O7. The van der Waals surface area contributed by atoms with Crippen LogP contribution in [-0.2, 0) is 19.1 Å². The van der Waals surface area contributed by atoms with E-state index in [1.807, 2.05) is 0 Å². The number of carbonyl (C=O) groups excluding carboxylic acids is 3. The van der Waals surface area contributed by atoms with Crippen LogP contribution in [0.5, 0.6) is 5.75 Å². The summed E-state index contributed by atoms with van der Waals surface area (Å²) in [6, 6.07) is 1.98. The quantitative estimate of drug-likeness (QED) is 0.420. The number of carboxylic acids is 1. The first kappa shape index (κ1) is 19.5. The molecule has 9 nitrogen and oxygen atoms in total. The van der Waals surface area contributed by atoms with Crippen molar-refractivity contribution < 1.29 is 33.8 Å². The van der Waals surface area contributed by atoms with E-state index in [0.717, 1.165) is 7.11 Å². The van der Waals surface area contributed by atoms with Crippen LogP contribution in [0.15, 0.2) is 17.8 Å². The predicted octanol–water partition coefficient (Wildman–Crippen LogP) is 1.52. The van der Waals surface area contributed by atoms with Gasteiger partial charge in [-0.2, -0.15) is 0 Å². The number of benzene rings is 1. The number of nitrogens with zero attached hydrogens (tertiary/aromatic N) is 1. The largest absolute Gasteiger partial charge is 0.479 e. The van der Waals surface area contributed by atoms with Crippen molar-refractivity contribution in [2.24, 2.45) is 0 Å². The number of hydrogen-bond donors (Lipinski definition) is 2. The molecule has 0 aromatic heterocycles. The highest BCUT2D eigenvalue weighted by Gasteiger charge is 2.35. The Morgan fingerprint density at radius 1 is 1.27 bits per heavy atom. The van der Waals surface area contributed by atoms with Crippen LogP contribution in [-0.4, -0.2) is 54.1 Å². The number of urea groups is 1. The lowest BCUT2D eigenvalue weighted by Crippen LogP contribution is -2.36. The third-order valence-corrected chi connectivity index (χ3v) is 3.71. The fourth-order valence-electron chi connectivity index (χ4n) is 2.01. The molecule has 2 N–H and O–H groups in total. The highest BCUT2D eigenvalue weighted by Crippen LogP contribution is 2.35. The van der Waals surface area contributed by atoms with Gasteiger partial charge in [0.15, 0.2) is 12.4 Å². The van der Waals surface area contributed by atoms with Crippen molar-refractivity contribution in [3.63, 3.8) is 0 Å². The summed E-state index contributed by atoms with van der Waals surface area (Å²) < 4.78 is 9.41. The third-order valence-electron chi connectivity index (χ3n) is 3.15. The Balaban J connectivity index is 2.24. The van der Waals surface area contributed by atoms with E-state index in [2.05, 4.69) is 10.1 Å². The number of nitrogens with one attached hydrogen (secondary N) is 1. The minimum Gasteiger partial charge on any atom is -0.479 e. The predicted molar refractivity (Wildman–Crippen MR) is 89.8 cm³/mol. The average Bonchev–Trinajstić information content (AvgIpc) is 2.81. The number of hydrogen-bond acceptors (Lipinski definition) is 6. The highest BCUT2D eigenvalue weighted by atomic mass is 35.5. The lowest BCUT2D eigenvalue weighted by molar-refractivity contribution is -0.143. The molecule has 0 bridgehead atoms. The molecule has 1 aliphatic rings. The van der Waals surface area contributed by atoms with E-state index < -0.39 is 37.0 Å². The molecule has 1 fully saturated rings. The van der Waals surface area contributed by atoms with E-state index in [1.54, 1.807) is 0 Å². The number of halogens is 2. The number of rotatable bonds is 6. The Hall–Kier alpha value is -2.78. The van der Waals surface area contributed by atoms with Crippen LogP contribution in [0.2, 0.25) is 10.0 Å². The molecule has 0 unspecified atom stereocenters. The van der Waals surface area contributed by atoms with Crippen molar-refractivity contribution in [3.8, 4) is 5.75 Å². The van der Waals surface area contributed by atoms with Gasteiger partial charge in [0.1, 0.15) is 12.2 Å². The summed E-state index contributed by atoms with van der Waals surface area (Å²) in [5.41, 5.74) is 0.261. The van der Waals surface area contributed by atoms with Crippen molar-refractivity contribution in [1.29, 1.82) is 0 Å². The van der Waals surface area contributed by atoms with Gasteiger partial charge in [0.25, 0.3) is 5.91 Å². The van der Waals surface area contributed by atoms with Gasteiger partial charge in [-0.25, -0.2) is 14.5 Å². The highest BCUT2D eigenvalue weighted by molar-refractivity contribution is 6.37. The summed E-state index contributed by atoms with van der Waals surface area (Å²) in [6.07, 6.45) is 1.30. The molecule has 26 heavy (non-hydrogen) atoms. The molecule has 0 aliphatic carbocycles. The van der Waals surface area contributed by atoms with E-state index in [0.29, 0.717) is 10.5 Å². The number of ether oxygens (including phenoxy) is 2. The number of amides is 3. The van der Waals surface area contributed by atoms with Gasteiger partial charge < -0.3 is 19.9 Å². The zero-order valence-corrected chi connectivity index (χ0v) is 14.8. The van der Waals surface area contributed by atoms with Crippen molar-refractivity contribution in [2.75, 3.05) is 20.3 Å². The first-order chi connectivity index (χ1) is 12.2. The van der Waals surface area contributed by atoms with Crippen molar-refractivity contribution in [2.45, 2.75) is 0 Å². The van der Waals surface area contributed by atoms with Gasteiger partial charge in [-0.05, 0) is 23.8 Å². The maximum atomic E-state index is 12.2. The number of imide groups is 1. The van der Waals surface area contributed by atoms with Gasteiger partial charge in [-0.15, -0.1) is 0 Å². The lowest BCUT2D eigenvalue weighted by Gasteiger charge is -2.09. The molecule has 1 aromatic rings. The minimum atomic E-state index is -1.20. The summed E-state index contributed by atoms with van der Waals surface area (Å²) in [6.45, 7) is -1.15. The number of esters is 1. The molecule has 1 saturated heterocycles. The third kappa shape index (κ3) is 4.44. The summed E-state index contributed by atoms with van der Waals surface area (Å²) in [5.74, 6) is -2.69. The molecule has 1 heterocycles. The van der Waals surface area contributed by atoms with Crippen LogP contribution < -0.4 is 10.1 Å². The first-order valence-electron chi connectivity index (χ1n) is 6.98. The van der Waals surface area contributed by atoms with Gasteiger partial charge in [0, 0.05) is 0 Å². The average molecular weight is 403 g/mol. The second kappa shape index (κ2) is 8.07. The Labute approximate surface area is 157 Å². The smallest absolute Gasteiger partial charge is 0.341 e.